The lowest BCUT2D eigenvalue weighted by Crippen LogP contribution is -2.33. The van der Waals surface area contributed by atoms with Crippen LogP contribution in [0.15, 0.2) is 5.16 Å². The van der Waals surface area contributed by atoms with Crippen LogP contribution in [-0.4, -0.2) is 64.7 Å². The number of tetrazole rings is 1. The molecule has 0 spiro atoms. The number of carbonyl (C=O) groups is 1. The number of aromatic nitrogens is 4. The number of carbonyl (C=O) groups excluding carboxylic acids is 1. The van der Waals surface area contributed by atoms with Gasteiger partial charge in [0.2, 0.25) is 11.1 Å². The molecule has 1 aromatic rings. The predicted molar refractivity (Wildman–Crippen MR) is 81.2 cm³/mol. The molecule has 0 aromatic carbocycles. The van der Waals surface area contributed by atoms with Crippen molar-refractivity contribution in [3.8, 4) is 0 Å². The zero-order valence-electron chi connectivity index (χ0n) is 12.8. The molecule has 1 aromatic heterocycles. The molecule has 9 heteroatoms. The van der Waals surface area contributed by atoms with Crippen LogP contribution < -0.4 is 10.6 Å². The molecule has 1 heterocycles. The Bertz CT molecular complexity index is 414. The Morgan fingerprint density at radius 1 is 1.43 bits per heavy atom. The molecule has 0 saturated heterocycles. The van der Waals surface area contributed by atoms with Gasteiger partial charge in [-0.2, -0.15) is 0 Å². The lowest BCUT2D eigenvalue weighted by Gasteiger charge is -2.11. The van der Waals surface area contributed by atoms with E-state index in [1.165, 1.54) is 11.8 Å². The first-order valence-corrected chi connectivity index (χ1v) is 7.97. The fourth-order valence-electron chi connectivity index (χ4n) is 1.54. The van der Waals surface area contributed by atoms with E-state index in [1.807, 2.05) is 6.92 Å². The topological polar surface area (TPSA) is 94.0 Å². The maximum atomic E-state index is 11.9. The number of amides is 1. The number of rotatable bonds is 11. The highest BCUT2D eigenvalue weighted by molar-refractivity contribution is 8.00. The Morgan fingerprint density at radius 3 is 2.95 bits per heavy atom. The molecule has 0 aliphatic heterocycles. The Kier molecular flexibility index (Phi) is 8.95. The highest BCUT2D eigenvalue weighted by Gasteiger charge is 2.17. The van der Waals surface area contributed by atoms with Gasteiger partial charge in [-0.25, -0.2) is 4.68 Å². The summed E-state index contributed by atoms with van der Waals surface area (Å²) in [5.74, 6) is -0.0456. The molecule has 2 N–H and O–H groups in total. The van der Waals surface area contributed by atoms with E-state index in [2.05, 4.69) is 33.1 Å². The zero-order chi connectivity index (χ0) is 15.5. The fraction of sp³-hybridized carbons (Fsp3) is 0.833. The highest BCUT2D eigenvalue weighted by Crippen LogP contribution is 2.19. The first-order chi connectivity index (χ1) is 10.2. The maximum absolute atomic E-state index is 11.9. The molecule has 1 atom stereocenters. The van der Waals surface area contributed by atoms with Crippen LogP contribution in [0.2, 0.25) is 0 Å². The lowest BCUT2D eigenvalue weighted by molar-refractivity contribution is -0.120. The van der Waals surface area contributed by atoms with Crippen molar-refractivity contribution in [3.63, 3.8) is 0 Å². The zero-order valence-corrected chi connectivity index (χ0v) is 13.7. The van der Waals surface area contributed by atoms with E-state index < -0.39 is 0 Å². The van der Waals surface area contributed by atoms with Crippen molar-refractivity contribution in [1.29, 1.82) is 0 Å². The number of hydrogen-bond donors (Lipinski definition) is 2. The molecule has 0 bridgehead atoms. The van der Waals surface area contributed by atoms with Gasteiger partial charge < -0.3 is 15.4 Å². The number of nitrogens with one attached hydrogen (secondary N) is 2. The van der Waals surface area contributed by atoms with Gasteiger partial charge in [-0.3, -0.25) is 4.79 Å². The van der Waals surface area contributed by atoms with Crippen LogP contribution in [0.4, 0.5) is 0 Å². The van der Waals surface area contributed by atoms with E-state index in [-0.39, 0.29) is 11.2 Å². The molecular formula is C12H24N6O2S. The van der Waals surface area contributed by atoms with E-state index in [0.717, 1.165) is 19.5 Å². The molecule has 120 valence electrons. The van der Waals surface area contributed by atoms with Crippen LogP contribution in [0, 0.1) is 0 Å². The molecule has 0 fully saturated rings. The standard InChI is InChI=1S/C12H24N6O2S/c1-4-5-13-6-8-18-12(15-16-17-18)21-10(2)11(19)14-7-9-20-3/h10,13H,4-9H2,1-3H3,(H,14,19). The summed E-state index contributed by atoms with van der Waals surface area (Å²) in [7, 11) is 1.60. The summed E-state index contributed by atoms with van der Waals surface area (Å²) in [4.78, 5) is 11.9. The van der Waals surface area contributed by atoms with Crippen molar-refractivity contribution in [2.75, 3.05) is 33.4 Å². The van der Waals surface area contributed by atoms with E-state index in [4.69, 9.17) is 4.74 Å². The second kappa shape index (κ2) is 10.5. The van der Waals surface area contributed by atoms with Gasteiger partial charge in [0.05, 0.1) is 18.4 Å². The first kappa shape index (κ1) is 17.9. The predicted octanol–water partition coefficient (Wildman–Crippen LogP) is -0.0841. The molecule has 0 aliphatic carbocycles. The molecule has 0 radical (unpaired) electrons. The van der Waals surface area contributed by atoms with Crippen molar-refractivity contribution in [3.05, 3.63) is 0 Å². The van der Waals surface area contributed by atoms with Crippen LogP contribution in [0.1, 0.15) is 20.3 Å². The Morgan fingerprint density at radius 2 is 2.24 bits per heavy atom. The van der Waals surface area contributed by atoms with Crippen LogP contribution in [0.3, 0.4) is 0 Å². The Labute approximate surface area is 129 Å². The number of ether oxygens (including phenoxy) is 1. The van der Waals surface area contributed by atoms with E-state index in [9.17, 15) is 4.79 Å². The molecular weight excluding hydrogens is 292 g/mol. The van der Waals surface area contributed by atoms with Crippen LogP contribution in [0.5, 0.6) is 0 Å². The Balaban J connectivity index is 2.39. The summed E-state index contributed by atoms with van der Waals surface area (Å²) >= 11 is 1.35. The normalized spacial score (nSPS) is 12.3. The van der Waals surface area contributed by atoms with Crippen LogP contribution in [0.25, 0.3) is 0 Å². The van der Waals surface area contributed by atoms with E-state index in [0.29, 0.717) is 24.9 Å². The van der Waals surface area contributed by atoms with Crippen molar-refractivity contribution >= 4 is 17.7 Å². The largest absolute Gasteiger partial charge is 0.383 e. The van der Waals surface area contributed by atoms with Gasteiger partial charge in [0, 0.05) is 20.2 Å². The second-order valence-electron chi connectivity index (χ2n) is 4.48. The lowest BCUT2D eigenvalue weighted by atomic mass is 10.4. The molecule has 1 rings (SSSR count). The molecule has 21 heavy (non-hydrogen) atoms. The number of nitrogens with zero attached hydrogens (tertiary/aromatic N) is 4. The minimum atomic E-state index is -0.254. The van der Waals surface area contributed by atoms with E-state index >= 15 is 0 Å². The SMILES string of the molecule is CCCNCCn1nnnc1SC(C)C(=O)NCCOC. The summed E-state index contributed by atoms with van der Waals surface area (Å²) in [5.41, 5.74) is 0. The quantitative estimate of drug-likeness (QED) is 0.435. The third-order valence-corrected chi connectivity index (χ3v) is 3.75. The summed E-state index contributed by atoms with van der Waals surface area (Å²) < 4.78 is 6.61. The number of methoxy groups -OCH3 is 1. The maximum Gasteiger partial charge on any atom is 0.233 e. The minimum absolute atomic E-state index is 0.0456. The van der Waals surface area contributed by atoms with Gasteiger partial charge in [0.15, 0.2) is 0 Å². The summed E-state index contributed by atoms with van der Waals surface area (Å²) in [6, 6.07) is 0. The second-order valence-corrected chi connectivity index (χ2v) is 5.79. The van der Waals surface area contributed by atoms with Crippen molar-refractivity contribution < 1.29 is 9.53 Å². The third kappa shape index (κ3) is 6.87. The van der Waals surface area contributed by atoms with Gasteiger partial charge >= 0.3 is 0 Å². The fourth-order valence-corrected chi connectivity index (χ4v) is 2.38. The number of thioether (sulfide) groups is 1. The van der Waals surface area contributed by atoms with Crippen molar-refractivity contribution in [1.82, 2.24) is 30.8 Å². The van der Waals surface area contributed by atoms with Gasteiger partial charge in [-0.05, 0) is 30.3 Å². The molecule has 0 aliphatic rings. The van der Waals surface area contributed by atoms with Crippen molar-refractivity contribution in [2.45, 2.75) is 37.2 Å². The molecule has 0 saturated carbocycles. The summed E-state index contributed by atoms with van der Waals surface area (Å²) in [6.45, 7) is 7.43. The van der Waals surface area contributed by atoms with Gasteiger partial charge in [0.25, 0.3) is 0 Å². The first-order valence-electron chi connectivity index (χ1n) is 7.09. The van der Waals surface area contributed by atoms with Gasteiger partial charge in [-0.15, -0.1) is 5.10 Å². The summed E-state index contributed by atoms with van der Waals surface area (Å²) in [5, 5.41) is 18.1. The number of hydrogen-bond acceptors (Lipinski definition) is 7. The average molecular weight is 316 g/mol. The third-order valence-electron chi connectivity index (χ3n) is 2.68. The summed E-state index contributed by atoms with van der Waals surface area (Å²) in [6.07, 6.45) is 1.09. The van der Waals surface area contributed by atoms with Crippen LogP contribution >= 0.6 is 11.8 Å². The average Bonchev–Trinajstić information content (AvgIpc) is 2.91. The van der Waals surface area contributed by atoms with Gasteiger partial charge in [0.1, 0.15) is 0 Å². The molecule has 8 nitrogen and oxygen atoms in total. The van der Waals surface area contributed by atoms with E-state index in [1.54, 1.807) is 11.8 Å². The Hall–Kier alpha value is -1.19. The smallest absolute Gasteiger partial charge is 0.233 e. The molecule has 1 amide bonds. The highest BCUT2D eigenvalue weighted by atomic mass is 32.2. The monoisotopic (exact) mass is 316 g/mol. The van der Waals surface area contributed by atoms with Crippen LogP contribution in [-0.2, 0) is 16.1 Å². The minimum Gasteiger partial charge on any atom is -0.383 e. The van der Waals surface area contributed by atoms with Gasteiger partial charge in [-0.1, -0.05) is 18.7 Å². The molecule has 1 unspecified atom stereocenters. The van der Waals surface area contributed by atoms with Crippen molar-refractivity contribution in [2.24, 2.45) is 0 Å².